The van der Waals surface area contributed by atoms with Crippen molar-refractivity contribution in [3.8, 4) is 6.07 Å². The van der Waals surface area contributed by atoms with Crippen LogP contribution in [0, 0.1) is 28.6 Å². The Morgan fingerprint density at radius 3 is 2.29 bits per heavy atom. The van der Waals surface area contributed by atoms with Crippen molar-refractivity contribution in [1.82, 2.24) is 20.5 Å². The van der Waals surface area contributed by atoms with E-state index in [9.17, 15) is 27.6 Å². The Kier molecular flexibility index (Phi) is 16.0. The predicted molar refractivity (Wildman–Crippen MR) is 154 cm³/mol. The molecule has 0 aliphatic carbocycles. The fraction of sp³-hybridized carbons (Fsp3) is 0.690. The molecule has 0 bridgehead atoms. The lowest BCUT2D eigenvalue weighted by molar-refractivity contribution is -0.174. The van der Waals surface area contributed by atoms with Gasteiger partial charge in [0, 0.05) is 50.3 Å². The number of nitriles is 1. The molecule has 232 valence electrons. The van der Waals surface area contributed by atoms with E-state index in [1.54, 1.807) is 11.5 Å². The average Bonchev–Trinajstić information content (AvgIpc) is 3.18. The van der Waals surface area contributed by atoms with Crippen LogP contribution in [0.15, 0.2) is 12.4 Å². The van der Waals surface area contributed by atoms with Gasteiger partial charge in [0.1, 0.15) is 6.04 Å². The zero-order valence-corrected chi connectivity index (χ0v) is 25.9. The number of rotatable bonds is 5. The normalized spacial score (nSPS) is 17.6. The lowest BCUT2D eigenvalue weighted by atomic mass is 9.84. The van der Waals surface area contributed by atoms with Gasteiger partial charge < -0.3 is 20.4 Å². The van der Waals surface area contributed by atoms with Crippen LogP contribution in [-0.4, -0.2) is 67.5 Å². The highest BCUT2D eigenvalue weighted by atomic mass is 19.4. The van der Waals surface area contributed by atoms with Crippen LogP contribution >= 0.6 is 0 Å². The van der Waals surface area contributed by atoms with Crippen molar-refractivity contribution in [3.63, 3.8) is 0 Å². The third kappa shape index (κ3) is 12.4. The van der Waals surface area contributed by atoms with Crippen molar-refractivity contribution in [1.29, 1.82) is 5.26 Å². The van der Waals surface area contributed by atoms with E-state index in [1.807, 2.05) is 47.9 Å². The lowest BCUT2D eigenvalue weighted by Crippen LogP contribution is -2.44. The van der Waals surface area contributed by atoms with Gasteiger partial charge in [-0.2, -0.15) is 18.4 Å². The Hall–Kier alpha value is -3.36. The molecular weight excluding hydrogens is 537 g/mol. The summed E-state index contributed by atoms with van der Waals surface area (Å²) in [5.74, 6) is -1.45. The molecule has 2 aliphatic heterocycles. The summed E-state index contributed by atoms with van der Waals surface area (Å²) in [6.07, 6.45) is 1.16. The maximum Gasteiger partial charge on any atom is 0.471 e. The van der Waals surface area contributed by atoms with E-state index < -0.39 is 30.6 Å². The molecule has 1 aromatic heterocycles. The first-order valence-electron chi connectivity index (χ1n) is 13.9. The first-order valence-corrected chi connectivity index (χ1v) is 13.9. The number of halogens is 3. The van der Waals surface area contributed by atoms with Crippen molar-refractivity contribution in [2.24, 2.45) is 17.3 Å². The van der Waals surface area contributed by atoms with Gasteiger partial charge in [-0.1, -0.05) is 55.4 Å². The number of pyridine rings is 1. The Morgan fingerprint density at radius 2 is 1.83 bits per heavy atom. The maximum atomic E-state index is 11.9. The molecule has 2 aliphatic rings. The summed E-state index contributed by atoms with van der Waals surface area (Å²) in [7, 11) is 2.00. The quantitative estimate of drug-likeness (QED) is 0.487. The number of likely N-dealkylation sites (tertiary alicyclic amines) is 1. The maximum absolute atomic E-state index is 11.9. The number of anilines is 1. The number of aromatic nitrogens is 1. The number of alkyl halides is 3. The molecule has 1 aromatic rings. The second kappa shape index (κ2) is 17.5. The minimum absolute atomic E-state index is 0.0519. The third-order valence-corrected chi connectivity index (χ3v) is 6.45. The molecule has 1 unspecified atom stereocenters. The molecule has 0 aromatic carbocycles. The summed E-state index contributed by atoms with van der Waals surface area (Å²) in [5.41, 5.74) is 2.90. The molecule has 2 atom stereocenters. The Labute approximate surface area is 242 Å². The van der Waals surface area contributed by atoms with Crippen molar-refractivity contribution >= 4 is 23.9 Å². The molecule has 0 saturated carbocycles. The van der Waals surface area contributed by atoms with Crippen LogP contribution in [0.25, 0.3) is 0 Å². The van der Waals surface area contributed by atoms with E-state index in [4.69, 9.17) is 5.26 Å². The van der Waals surface area contributed by atoms with Gasteiger partial charge >= 0.3 is 12.1 Å². The number of hydrogen-bond donors (Lipinski definition) is 2. The topological polar surface area (TPSA) is 118 Å². The zero-order chi connectivity index (χ0) is 32.0. The van der Waals surface area contributed by atoms with E-state index in [1.165, 1.54) is 4.90 Å². The highest BCUT2D eigenvalue weighted by Gasteiger charge is 2.41. The summed E-state index contributed by atoms with van der Waals surface area (Å²) >= 11 is 0. The van der Waals surface area contributed by atoms with Crippen LogP contribution in [0.1, 0.15) is 79.0 Å². The zero-order valence-electron chi connectivity index (χ0n) is 25.9. The van der Waals surface area contributed by atoms with Crippen molar-refractivity contribution < 1.29 is 27.6 Å². The SMILES string of the molecule is CC.CC(C)C.CN1CCCc2cncc(C(C#N)NC=O)c21.C[C@H]1CN(C(=O)CNC(=O)C(F)(F)F)CC1(C)C. The van der Waals surface area contributed by atoms with Crippen molar-refractivity contribution in [3.05, 3.63) is 23.5 Å². The van der Waals surface area contributed by atoms with E-state index in [2.05, 4.69) is 42.0 Å². The summed E-state index contributed by atoms with van der Waals surface area (Å²) in [5, 5.41) is 13.2. The van der Waals surface area contributed by atoms with Crippen LogP contribution in [0.5, 0.6) is 0 Å². The monoisotopic (exact) mass is 584 g/mol. The van der Waals surface area contributed by atoms with Gasteiger partial charge in [-0.15, -0.1) is 0 Å². The number of amides is 3. The van der Waals surface area contributed by atoms with Gasteiger partial charge in [-0.05, 0) is 35.7 Å². The molecule has 0 spiro atoms. The fourth-order valence-corrected chi connectivity index (χ4v) is 4.11. The average molecular weight is 585 g/mol. The Balaban J connectivity index is 0.000000656. The van der Waals surface area contributed by atoms with Crippen LogP contribution in [0.2, 0.25) is 0 Å². The summed E-state index contributed by atoms with van der Waals surface area (Å²) < 4.78 is 35.8. The first-order chi connectivity index (χ1) is 19.0. The molecular formula is C29H47F3N6O3. The Morgan fingerprint density at radius 1 is 1.24 bits per heavy atom. The third-order valence-electron chi connectivity index (χ3n) is 6.45. The second-order valence-corrected chi connectivity index (χ2v) is 11.2. The van der Waals surface area contributed by atoms with Crippen molar-refractivity contribution in [2.45, 2.75) is 80.4 Å². The standard InChI is InChI=1S/C12H14N4O.C11H17F3N2O2.C4H10.C2H6/c1-16-4-2-3-9-6-14-7-10(12(9)16)11(5-13)15-8-17;1-7-5-16(6-10(7,2)3)8(17)4-15-9(18)11(12,13)14;1-4(2)3;1-2/h6-8,11H,2-4H2,1H3,(H,15,17);7H,4-6H2,1-3H3,(H,15,18);4H,1-3H3;1-2H3/t;7-;;/m.0../s1. The number of nitrogens with zero attached hydrogens (tertiary/aromatic N) is 4. The summed E-state index contributed by atoms with van der Waals surface area (Å²) in [6, 6.07) is 1.45. The molecule has 2 N–H and O–H groups in total. The van der Waals surface area contributed by atoms with Gasteiger partial charge in [0.2, 0.25) is 12.3 Å². The van der Waals surface area contributed by atoms with Crippen molar-refractivity contribution in [2.75, 3.05) is 38.1 Å². The van der Waals surface area contributed by atoms with E-state index >= 15 is 0 Å². The number of hydrogen-bond acceptors (Lipinski definition) is 6. The number of carbonyl (C=O) groups is 3. The highest BCUT2D eigenvalue weighted by Crippen LogP contribution is 2.34. The van der Waals surface area contributed by atoms with Crippen LogP contribution in [-0.2, 0) is 20.8 Å². The molecule has 3 rings (SSSR count). The summed E-state index contributed by atoms with van der Waals surface area (Å²) in [6.45, 7) is 17.8. The van der Waals surface area contributed by atoms with Crippen LogP contribution < -0.4 is 15.5 Å². The van der Waals surface area contributed by atoms with Gasteiger partial charge in [-0.3, -0.25) is 19.4 Å². The minimum Gasteiger partial charge on any atom is -0.374 e. The molecule has 3 heterocycles. The molecule has 3 amide bonds. The largest absolute Gasteiger partial charge is 0.471 e. The lowest BCUT2D eigenvalue weighted by Gasteiger charge is -2.30. The van der Waals surface area contributed by atoms with E-state index in [-0.39, 0.29) is 11.3 Å². The van der Waals surface area contributed by atoms with E-state index in [0.717, 1.165) is 42.1 Å². The van der Waals surface area contributed by atoms with Crippen LogP contribution in [0.4, 0.5) is 18.9 Å². The number of carbonyl (C=O) groups excluding carboxylic acids is 3. The van der Waals surface area contributed by atoms with Crippen LogP contribution in [0.3, 0.4) is 0 Å². The number of aryl methyl sites for hydroxylation is 1. The van der Waals surface area contributed by atoms with Gasteiger partial charge in [0.05, 0.1) is 12.6 Å². The minimum atomic E-state index is -4.95. The summed E-state index contributed by atoms with van der Waals surface area (Å²) in [4.78, 5) is 40.5. The molecule has 12 heteroatoms. The first kappa shape index (κ1) is 37.6. The smallest absolute Gasteiger partial charge is 0.374 e. The predicted octanol–water partition coefficient (Wildman–Crippen LogP) is 4.63. The fourth-order valence-electron chi connectivity index (χ4n) is 4.11. The molecule has 1 saturated heterocycles. The van der Waals surface area contributed by atoms with Gasteiger partial charge in [0.15, 0.2) is 0 Å². The van der Waals surface area contributed by atoms with E-state index in [0.29, 0.717) is 19.5 Å². The second-order valence-electron chi connectivity index (χ2n) is 11.2. The number of fused-ring (bicyclic) bond motifs is 1. The molecule has 1 fully saturated rings. The molecule has 9 nitrogen and oxygen atoms in total. The highest BCUT2D eigenvalue weighted by molar-refractivity contribution is 5.87. The number of nitrogens with one attached hydrogen (secondary N) is 2. The van der Waals surface area contributed by atoms with Gasteiger partial charge in [0.25, 0.3) is 0 Å². The molecule has 41 heavy (non-hydrogen) atoms. The Bertz CT molecular complexity index is 1020. The van der Waals surface area contributed by atoms with Gasteiger partial charge in [-0.25, -0.2) is 0 Å². The molecule has 0 radical (unpaired) electrons.